The molecule has 1 atom stereocenters. The van der Waals surface area contributed by atoms with Crippen LogP contribution in [0.1, 0.15) is 5.56 Å². The van der Waals surface area contributed by atoms with E-state index in [4.69, 9.17) is 11.6 Å². The minimum absolute atomic E-state index is 0.590. The molecule has 2 nitrogen and oxygen atoms in total. The first-order valence-electron chi connectivity index (χ1n) is 3.59. The van der Waals surface area contributed by atoms with Gasteiger partial charge in [0.25, 0.3) is 0 Å². The normalized spacial score (nSPS) is 21.2. The molecule has 0 amide bonds. The van der Waals surface area contributed by atoms with E-state index in [9.17, 15) is 4.21 Å². The number of halogens is 1. The molecule has 1 unspecified atom stereocenters. The number of fused-ring (bicyclic) bond motifs is 1. The summed E-state index contributed by atoms with van der Waals surface area (Å²) in [5, 5.41) is 0.709. The van der Waals surface area contributed by atoms with Crippen LogP contribution in [0.2, 0.25) is 5.02 Å². The van der Waals surface area contributed by atoms with E-state index in [-0.39, 0.29) is 0 Å². The second kappa shape index (κ2) is 2.75. The van der Waals surface area contributed by atoms with Gasteiger partial charge in [0.05, 0.1) is 11.4 Å². The van der Waals surface area contributed by atoms with Gasteiger partial charge in [-0.25, -0.2) is 4.21 Å². The zero-order valence-corrected chi connectivity index (χ0v) is 8.15. The Morgan fingerprint density at radius 2 is 2.33 bits per heavy atom. The lowest BCUT2D eigenvalue weighted by Crippen LogP contribution is -2.13. The van der Waals surface area contributed by atoms with Crippen molar-refractivity contribution in [3.63, 3.8) is 0 Å². The van der Waals surface area contributed by atoms with Crippen LogP contribution < -0.4 is 4.31 Å². The van der Waals surface area contributed by atoms with Gasteiger partial charge in [-0.1, -0.05) is 11.6 Å². The number of anilines is 1. The Kier molecular flexibility index (Phi) is 1.85. The molecule has 0 radical (unpaired) electrons. The third-order valence-electron chi connectivity index (χ3n) is 1.97. The smallest absolute Gasteiger partial charge is 0.124 e. The number of rotatable bonds is 0. The van der Waals surface area contributed by atoms with E-state index in [0.717, 1.165) is 11.3 Å². The van der Waals surface area contributed by atoms with Crippen molar-refractivity contribution in [2.75, 3.05) is 11.4 Å². The highest BCUT2D eigenvalue weighted by Gasteiger charge is 2.22. The quantitative estimate of drug-likeness (QED) is 0.629. The van der Waals surface area contributed by atoms with E-state index in [0.29, 0.717) is 10.8 Å². The molecule has 1 aromatic rings. The summed E-state index contributed by atoms with van der Waals surface area (Å²) in [7, 11) is 0.932. The SMILES string of the molecule is CN1c2ccc(Cl)cc2CS1=O. The van der Waals surface area contributed by atoms with E-state index in [1.165, 1.54) is 0 Å². The van der Waals surface area contributed by atoms with Gasteiger partial charge in [-0.05, 0) is 23.8 Å². The van der Waals surface area contributed by atoms with Gasteiger partial charge < -0.3 is 0 Å². The molecule has 64 valence electrons. The van der Waals surface area contributed by atoms with Crippen LogP contribution in [0.15, 0.2) is 18.2 Å². The van der Waals surface area contributed by atoms with E-state index < -0.39 is 11.0 Å². The Morgan fingerprint density at radius 1 is 1.58 bits per heavy atom. The van der Waals surface area contributed by atoms with Gasteiger partial charge in [0.2, 0.25) is 0 Å². The largest absolute Gasteiger partial charge is 0.294 e. The average molecular weight is 202 g/mol. The monoisotopic (exact) mass is 201 g/mol. The zero-order chi connectivity index (χ0) is 8.72. The Bertz CT molecular complexity index is 353. The Balaban J connectivity index is 2.54. The molecule has 12 heavy (non-hydrogen) atoms. The fourth-order valence-corrected chi connectivity index (χ4v) is 2.60. The summed E-state index contributed by atoms with van der Waals surface area (Å²) in [6, 6.07) is 5.60. The molecule has 1 heterocycles. The van der Waals surface area contributed by atoms with Crippen LogP contribution in [0.4, 0.5) is 5.69 Å². The van der Waals surface area contributed by atoms with Crippen molar-refractivity contribution in [2.24, 2.45) is 0 Å². The van der Waals surface area contributed by atoms with Gasteiger partial charge in [-0.15, -0.1) is 0 Å². The van der Waals surface area contributed by atoms with Crippen molar-refractivity contribution in [3.05, 3.63) is 28.8 Å². The van der Waals surface area contributed by atoms with Crippen LogP contribution in [-0.4, -0.2) is 11.3 Å². The van der Waals surface area contributed by atoms with Crippen molar-refractivity contribution >= 4 is 28.3 Å². The Labute approximate surface area is 78.7 Å². The van der Waals surface area contributed by atoms with Crippen LogP contribution >= 0.6 is 11.6 Å². The molecule has 0 aromatic heterocycles. The van der Waals surface area contributed by atoms with Crippen LogP contribution in [0.25, 0.3) is 0 Å². The number of benzene rings is 1. The highest BCUT2D eigenvalue weighted by molar-refractivity contribution is 7.86. The Morgan fingerprint density at radius 3 is 3.08 bits per heavy atom. The van der Waals surface area contributed by atoms with Crippen molar-refractivity contribution in [1.82, 2.24) is 0 Å². The summed E-state index contributed by atoms with van der Waals surface area (Å²) < 4.78 is 13.1. The predicted octanol–water partition coefficient (Wildman–Crippen LogP) is 1.95. The van der Waals surface area contributed by atoms with Crippen molar-refractivity contribution in [2.45, 2.75) is 5.75 Å². The maximum Gasteiger partial charge on any atom is 0.124 e. The second-order valence-corrected chi connectivity index (χ2v) is 4.65. The molecule has 1 aliphatic rings. The van der Waals surface area contributed by atoms with Crippen molar-refractivity contribution in [3.8, 4) is 0 Å². The lowest BCUT2D eigenvalue weighted by atomic mass is 10.2. The summed E-state index contributed by atoms with van der Waals surface area (Å²) in [5.74, 6) is 0.590. The van der Waals surface area contributed by atoms with Gasteiger partial charge in [0, 0.05) is 12.1 Å². The van der Waals surface area contributed by atoms with Crippen molar-refractivity contribution < 1.29 is 4.21 Å². The molecule has 0 fully saturated rings. The van der Waals surface area contributed by atoms with E-state index in [1.807, 2.05) is 25.2 Å². The maximum atomic E-state index is 11.3. The molecule has 1 aromatic carbocycles. The van der Waals surface area contributed by atoms with Crippen molar-refractivity contribution in [1.29, 1.82) is 0 Å². The zero-order valence-electron chi connectivity index (χ0n) is 6.58. The Hall–Kier alpha value is -0.540. The molecule has 0 spiro atoms. The van der Waals surface area contributed by atoms with E-state index >= 15 is 0 Å². The molecule has 0 N–H and O–H groups in total. The summed E-state index contributed by atoms with van der Waals surface area (Å²) in [6.45, 7) is 0. The lowest BCUT2D eigenvalue weighted by Gasteiger charge is -2.09. The molecular formula is C8H8ClNOS. The molecule has 0 saturated carbocycles. The van der Waals surface area contributed by atoms with Crippen LogP contribution in [0.5, 0.6) is 0 Å². The first-order chi connectivity index (χ1) is 5.68. The minimum atomic E-state index is -0.898. The number of nitrogens with zero attached hydrogens (tertiary/aromatic N) is 1. The average Bonchev–Trinajstić information content (AvgIpc) is 2.28. The fraction of sp³-hybridized carbons (Fsp3) is 0.250. The predicted molar refractivity (Wildman–Crippen MR) is 51.7 cm³/mol. The van der Waals surface area contributed by atoms with Gasteiger partial charge in [0.15, 0.2) is 0 Å². The van der Waals surface area contributed by atoms with Crippen LogP contribution in [-0.2, 0) is 16.7 Å². The van der Waals surface area contributed by atoms with Gasteiger partial charge in [-0.2, -0.15) is 0 Å². The summed E-state index contributed by atoms with van der Waals surface area (Å²) in [6.07, 6.45) is 0. The molecule has 2 rings (SSSR count). The summed E-state index contributed by atoms with van der Waals surface area (Å²) in [4.78, 5) is 0. The molecule has 4 heteroatoms. The molecule has 0 aliphatic carbocycles. The highest BCUT2D eigenvalue weighted by Crippen LogP contribution is 2.31. The maximum absolute atomic E-state index is 11.3. The third-order valence-corrected chi connectivity index (χ3v) is 3.57. The summed E-state index contributed by atoms with van der Waals surface area (Å²) >= 11 is 5.80. The number of hydrogen-bond donors (Lipinski definition) is 0. The first-order valence-corrected chi connectivity index (χ1v) is 5.24. The molecule has 0 saturated heterocycles. The molecule has 0 bridgehead atoms. The minimum Gasteiger partial charge on any atom is -0.294 e. The van der Waals surface area contributed by atoms with Gasteiger partial charge in [-0.3, -0.25) is 4.31 Å². The highest BCUT2D eigenvalue weighted by atomic mass is 35.5. The van der Waals surface area contributed by atoms with Crippen LogP contribution in [0, 0.1) is 0 Å². The van der Waals surface area contributed by atoms with E-state index in [2.05, 4.69) is 0 Å². The lowest BCUT2D eigenvalue weighted by molar-refractivity contribution is 0.683. The second-order valence-electron chi connectivity index (χ2n) is 2.74. The first kappa shape index (κ1) is 8.08. The molecular weight excluding hydrogens is 194 g/mol. The number of hydrogen-bond acceptors (Lipinski definition) is 1. The summed E-state index contributed by atoms with van der Waals surface area (Å²) in [5.41, 5.74) is 2.10. The van der Waals surface area contributed by atoms with Gasteiger partial charge in [0.1, 0.15) is 11.0 Å². The third kappa shape index (κ3) is 1.13. The van der Waals surface area contributed by atoms with E-state index in [1.54, 1.807) is 4.31 Å². The standard InChI is InChI=1S/C8H8ClNOS/c1-10-8-3-2-7(9)4-6(8)5-12(10)11/h2-4H,5H2,1H3. The fourth-order valence-electron chi connectivity index (χ4n) is 1.32. The topological polar surface area (TPSA) is 20.3 Å². The van der Waals surface area contributed by atoms with Gasteiger partial charge >= 0.3 is 0 Å². The molecule has 1 aliphatic heterocycles. The van der Waals surface area contributed by atoms with Crippen LogP contribution in [0.3, 0.4) is 0 Å².